The first-order valence-corrected chi connectivity index (χ1v) is 5.26. The summed E-state index contributed by atoms with van der Waals surface area (Å²) >= 11 is 0. The minimum atomic E-state index is -0.837. The molecule has 0 unspecified atom stereocenters. The monoisotopic (exact) mass is 267 g/mol. The number of hydrogen-bond donors (Lipinski definition) is 1. The van der Waals surface area contributed by atoms with Crippen molar-refractivity contribution in [2.24, 2.45) is 7.05 Å². The van der Waals surface area contributed by atoms with E-state index in [1.54, 1.807) is 0 Å². The van der Waals surface area contributed by atoms with Crippen molar-refractivity contribution < 1.29 is 14.4 Å². The van der Waals surface area contributed by atoms with Gasteiger partial charge in [0, 0.05) is 13.1 Å². The van der Waals surface area contributed by atoms with Crippen molar-refractivity contribution in [3.05, 3.63) is 50.2 Å². The molecule has 1 N–H and O–H groups in total. The maximum Gasteiger partial charge on any atom is 0.356 e. The van der Waals surface area contributed by atoms with Gasteiger partial charge in [0.05, 0.1) is 10.6 Å². The summed E-state index contributed by atoms with van der Waals surface area (Å²) in [6.07, 6.45) is 0. The Bertz CT molecular complexity index is 732. The summed E-state index contributed by atoms with van der Waals surface area (Å²) in [6, 6.07) is 3.25. The van der Waals surface area contributed by atoms with Gasteiger partial charge in [0.25, 0.3) is 0 Å². The Hall–Kier alpha value is -2.64. The summed E-state index contributed by atoms with van der Waals surface area (Å²) in [5.74, 6) is -1.47. The fourth-order valence-corrected chi connectivity index (χ4v) is 1.83. The predicted octanol–water partition coefficient (Wildman–Crippen LogP) is 1.24. The first kappa shape index (κ1) is 12.8. The summed E-state index contributed by atoms with van der Waals surface area (Å²) in [6.45, 7) is 1.43. The van der Waals surface area contributed by atoms with Crippen LogP contribution in [0.1, 0.15) is 5.69 Å². The highest BCUT2D eigenvalue weighted by Gasteiger charge is 2.25. The second-order valence-electron chi connectivity index (χ2n) is 3.97. The molecular weight excluding hydrogens is 257 g/mol. The van der Waals surface area contributed by atoms with Crippen LogP contribution in [0.5, 0.6) is 5.75 Å². The predicted molar refractivity (Wildman–Crippen MR) is 64.0 cm³/mol. The van der Waals surface area contributed by atoms with Crippen LogP contribution in [0.3, 0.4) is 0 Å². The van der Waals surface area contributed by atoms with Crippen molar-refractivity contribution in [3.8, 4) is 11.4 Å². The summed E-state index contributed by atoms with van der Waals surface area (Å²) in [4.78, 5) is 22.0. The number of phenolic OH excluding ortho intramolecular Hbond substituents is 1. The molecule has 0 saturated heterocycles. The van der Waals surface area contributed by atoms with E-state index in [9.17, 15) is 24.4 Å². The number of hydrogen-bond acceptors (Lipinski definition) is 4. The molecule has 8 heteroatoms. The molecule has 0 aliphatic carbocycles. The lowest BCUT2D eigenvalue weighted by Gasteiger charge is -2.07. The lowest BCUT2D eigenvalue weighted by molar-refractivity contribution is -0.386. The highest BCUT2D eigenvalue weighted by atomic mass is 19.1. The molecule has 0 spiro atoms. The molecule has 19 heavy (non-hydrogen) atoms. The Morgan fingerprint density at radius 2 is 2.05 bits per heavy atom. The van der Waals surface area contributed by atoms with Gasteiger partial charge in [0.15, 0.2) is 11.6 Å². The molecule has 0 aliphatic heterocycles. The molecule has 2 rings (SSSR count). The van der Waals surface area contributed by atoms with Crippen LogP contribution in [0.15, 0.2) is 23.0 Å². The van der Waals surface area contributed by atoms with Crippen LogP contribution < -0.4 is 5.56 Å². The van der Waals surface area contributed by atoms with E-state index >= 15 is 0 Å². The zero-order valence-corrected chi connectivity index (χ0v) is 10.1. The molecule has 1 aromatic carbocycles. The largest absolute Gasteiger partial charge is 0.505 e. The summed E-state index contributed by atoms with van der Waals surface area (Å²) < 4.78 is 15.2. The average Bonchev–Trinajstić information content (AvgIpc) is 2.54. The van der Waals surface area contributed by atoms with Crippen LogP contribution in [0.4, 0.5) is 10.1 Å². The molecule has 0 aliphatic rings. The van der Waals surface area contributed by atoms with Crippen molar-refractivity contribution in [2.45, 2.75) is 6.92 Å². The van der Waals surface area contributed by atoms with E-state index in [-0.39, 0.29) is 11.4 Å². The third-order valence-corrected chi connectivity index (χ3v) is 2.88. The number of aromatic hydroxyl groups is 1. The van der Waals surface area contributed by atoms with E-state index in [1.807, 2.05) is 0 Å². The highest BCUT2D eigenvalue weighted by Crippen LogP contribution is 2.21. The molecule has 0 fully saturated rings. The number of benzene rings is 1. The van der Waals surface area contributed by atoms with E-state index in [2.05, 4.69) is 0 Å². The standard InChI is InChI=1S/C11H10FN3O4/c1-6-10(15(18)19)11(17)14(13(6)2)7-3-4-8(12)9(16)5-7/h3-5,16H,1-2H3. The molecule has 1 heterocycles. The average molecular weight is 267 g/mol. The van der Waals surface area contributed by atoms with Gasteiger partial charge in [-0.1, -0.05) is 0 Å². The van der Waals surface area contributed by atoms with Gasteiger partial charge in [0.2, 0.25) is 0 Å². The first-order valence-electron chi connectivity index (χ1n) is 5.26. The quantitative estimate of drug-likeness (QED) is 0.654. The second-order valence-corrected chi connectivity index (χ2v) is 3.97. The normalized spacial score (nSPS) is 10.7. The van der Waals surface area contributed by atoms with Crippen molar-refractivity contribution in [3.63, 3.8) is 0 Å². The van der Waals surface area contributed by atoms with E-state index in [0.717, 1.165) is 16.8 Å². The van der Waals surface area contributed by atoms with Gasteiger partial charge in [-0.05, 0) is 19.1 Å². The van der Waals surface area contributed by atoms with Crippen LogP contribution in [0.2, 0.25) is 0 Å². The molecule has 0 atom stereocenters. The van der Waals surface area contributed by atoms with Gasteiger partial charge in [0.1, 0.15) is 5.69 Å². The fraction of sp³-hybridized carbons (Fsp3) is 0.182. The molecule has 100 valence electrons. The Morgan fingerprint density at radius 1 is 1.42 bits per heavy atom. The Kier molecular flexibility index (Phi) is 2.85. The lowest BCUT2D eigenvalue weighted by Crippen LogP contribution is -2.20. The van der Waals surface area contributed by atoms with Crippen LogP contribution in [0.25, 0.3) is 5.69 Å². The Balaban J connectivity index is 2.76. The Labute approximate surface area is 106 Å². The number of nitrogens with zero attached hydrogens (tertiary/aromatic N) is 3. The zero-order valence-electron chi connectivity index (χ0n) is 10.1. The van der Waals surface area contributed by atoms with Crippen LogP contribution in [0, 0.1) is 22.9 Å². The third-order valence-electron chi connectivity index (χ3n) is 2.88. The second kappa shape index (κ2) is 4.23. The van der Waals surface area contributed by atoms with Gasteiger partial charge < -0.3 is 5.11 Å². The minimum absolute atomic E-state index is 0.141. The van der Waals surface area contributed by atoms with Gasteiger partial charge in [-0.15, -0.1) is 0 Å². The van der Waals surface area contributed by atoms with E-state index < -0.39 is 27.7 Å². The highest BCUT2D eigenvalue weighted by molar-refractivity contribution is 5.43. The lowest BCUT2D eigenvalue weighted by atomic mass is 10.3. The maximum absolute atomic E-state index is 13.0. The fourth-order valence-electron chi connectivity index (χ4n) is 1.83. The van der Waals surface area contributed by atoms with Crippen LogP contribution in [-0.2, 0) is 7.05 Å². The van der Waals surface area contributed by atoms with Gasteiger partial charge in [-0.3, -0.25) is 19.6 Å². The first-order chi connectivity index (χ1) is 8.84. The smallest absolute Gasteiger partial charge is 0.356 e. The number of rotatable bonds is 2. The molecular formula is C11H10FN3O4. The SMILES string of the molecule is Cc1c([N+](=O)[O-])c(=O)n(-c2ccc(F)c(O)c2)n1C. The third kappa shape index (κ3) is 1.86. The minimum Gasteiger partial charge on any atom is -0.505 e. The van der Waals surface area contributed by atoms with E-state index in [1.165, 1.54) is 24.7 Å². The summed E-state index contributed by atoms with van der Waals surface area (Å²) in [5.41, 5.74) is -1.08. The molecule has 2 aromatic rings. The number of aromatic nitrogens is 2. The van der Waals surface area contributed by atoms with Crippen LogP contribution in [-0.4, -0.2) is 19.4 Å². The number of halogens is 1. The van der Waals surface area contributed by atoms with E-state index in [0.29, 0.717) is 0 Å². The van der Waals surface area contributed by atoms with Gasteiger partial charge in [-0.2, -0.15) is 0 Å². The molecule has 0 amide bonds. The number of nitro groups is 1. The van der Waals surface area contributed by atoms with Crippen molar-refractivity contribution in [1.29, 1.82) is 0 Å². The van der Waals surface area contributed by atoms with Crippen molar-refractivity contribution in [2.75, 3.05) is 0 Å². The zero-order chi connectivity index (χ0) is 14.3. The van der Waals surface area contributed by atoms with Crippen molar-refractivity contribution in [1.82, 2.24) is 9.36 Å². The van der Waals surface area contributed by atoms with Gasteiger partial charge >= 0.3 is 11.2 Å². The van der Waals surface area contributed by atoms with Crippen molar-refractivity contribution >= 4 is 5.69 Å². The molecule has 0 bridgehead atoms. The number of phenols is 1. The van der Waals surface area contributed by atoms with Crippen LogP contribution >= 0.6 is 0 Å². The van der Waals surface area contributed by atoms with E-state index in [4.69, 9.17) is 0 Å². The maximum atomic E-state index is 13.0. The molecule has 1 aromatic heterocycles. The molecule has 0 radical (unpaired) electrons. The van der Waals surface area contributed by atoms with Gasteiger partial charge in [-0.25, -0.2) is 9.07 Å². The topological polar surface area (TPSA) is 90.3 Å². The Morgan fingerprint density at radius 3 is 2.53 bits per heavy atom. The molecule has 0 saturated carbocycles. The molecule has 7 nitrogen and oxygen atoms in total. The summed E-state index contributed by atoms with van der Waals surface area (Å²) in [5, 5.41) is 20.1. The summed E-state index contributed by atoms with van der Waals surface area (Å²) in [7, 11) is 1.46.